The van der Waals surface area contributed by atoms with Crippen LogP contribution in [0.3, 0.4) is 0 Å². The van der Waals surface area contributed by atoms with Gasteiger partial charge in [0.05, 0.1) is 17.7 Å². The Morgan fingerprint density at radius 3 is 2.43 bits per heavy atom. The number of benzene rings is 2. The van der Waals surface area contributed by atoms with Gasteiger partial charge in [0, 0.05) is 49.6 Å². The van der Waals surface area contributed by atoms with E-state index in [0.717, 1.165) is 28.3 Å². The molecule has 0 spiro atoms. The summed E-state index contributed by atoms with van der Waals surface area (Å²) in [5.74, 6) is 1.58. The summed E-state index contributed by atoms with van der Waals surface area (Å²) in [5.41, 5.74) is 2.73. The van der Waals surface area contributed by atoms with Gasteiger partial charge in [0.2, 0.25) is 0 Å². The number of non-ortho nitro benzene ring substituents is 1. The van der Waals surface area contributed by atoms with Crippen LogP contribution >= 0.6 is 0 Å². The van der Waals surface area contributed by atoms with Gasteiger partial charge in [-0.2, -0.15) is 5.10 Å². The van der Waals surface area contributed by atoms with Crippen LogP contribution in [0.5, 0.6) is 11.5 Å². The second kappa shape index (κ2) is 9.01. The molecule has 0 saturated carbocycles. The van der Waals surface area contributed by atoms with Crippen LogP contribution in [-0.2, 0) is 13.6 Å². The van der Waals surface area contributed by atoms with E-state index < -0.39 is 4.92 Å². The van der Waals surface area contributed by atoms with Crippen LogP contribution in [0.4, 0.5) is 5.69 Å². The lowest BCUT2D eigenvalue weighted by Crippen LogP contribution is -2.20. The number of nitrogens with one attached hydrogen (secondary N) is 1. The third kappa shape index (κ3) is 4.86. The number of methoxy groups -OCH3 is 1. The van der Waals surface area contributed by atoms with Gasteiger partial charge in [0.25, 0.3) is 5.69 Å². The van der Waals surface area contributed by atoms with Crippen LogP contribution < -0.4 is 14.8 Å². The van der Waals surface area contributed by atoms with Crippen molar-refractivity contribution in [3.8, 4) is 22.8 Å². The fourth-order valence-corrected chi connectivity index (χ4v) is 2.79. The highest BCUT2D eigenvalue weighted by molar-refractivity contribution is 5.64. The maximum absolute atomic E-state index is 10.8. The molecule has 0 aliphatic rings. The standard InChI is InChI=1S/C20H22N4O4/c1-23-14-16(20(22-23)15-3-5-17(6-4-15)24(25)26)13-21-11-12-28-19-9-7-18(27-2)8-10-19/h3-10,14,21H,11-13H2,1-2H3. The van der Waals surface area contributed by atoms with Gasteiger partial charge in [-0.25, -0.2) is 0 Å². The molecule has 146 valence electrons. The Morgan fingerprint density at radius 1 is 1.11 bits per heavy atom. The van der Waals surface area contributed by atoms with Crippen molar-refractivity contribution in [2.24, 2.45) is 7.05 Å². The molecule has 8 heteroatoms. The number of aromatic nitrogens is 2. The fourth-order valence-electron chi connectivity index (χ4n) is 2.79. The summed E-state index contributed by atoms with van der Waals surface area (Å²) in [6, 6.07) is 13.9. The highest BCUT2D eigenvalue weighted by Gasteiger charge is 2.12. The van der Waals surface area contributed by atoms with Crippen molar-refractivity contribution in [1.29, 1.82) is 0 Å². The zero-order chi connectivity index (χ0) is 19.9. The van der Waals surface area contributed by atoms with E-state index in [2.05, 4.69) is 10.4 Å². The average molecular weight is 382 g/mol. The molecule has 3 aromatic rings. The smallest absolute Gasteiger partial charge is 0.269 e. The molecular weight excluding hydrogens is 360 g/mol. The second-order valence-electron chi connectivity index (χ2n) is 6.18. The van der Waals surface area contributed by atoms with Crippen molar-refractivity contribution in [2.45, 2.75) is 6.54 Å². The molecule has 0 fully saturated rings. The minimum Gasteiger partial charge on any atom is -0.497 e. The number of nitro groups is 1. The predicted molar refractivity (Wildman–Crippen MR) is 105 cm³/mol. The molecule has 1 heterocycles. The maximum atomic E-state index is 10.8. The van der Waals surface area contributed by atoms with E-state index in [0.29, 0.717) is 19.7 Å². The molecule has 1 aromatic heterocycles. The molecule has 1 N–H and O–H groups in total. The average Bonchev–Trinajstić information content (AvgIpc) is 3.08. The normalized spacial score (nSPS) is 10.6. The number of aryl methyl sites for hydroxylation is 1. The molecule has 0 saturated heterocycles. The topological polar surface area (TPSA) is 91.5 Å². The number of nitrogens with zero attached hydrogens (tertiary/aromatic N) is 3. The van der Waals surface area contributed by atoms with Gasteiger partial charge >= 0.3 is 0 Å². The van der Waals surface area contributed by atoms with Crippen molar-refractivity contribution in [1.82, 2.24) is 15.1 Å². The molecule has 3 rings (SSSR count). The van der Waals surface area contributed by atoms with Gasteiger partial charge in [-0.3, -0.25) is 14.8 Å². The molecule has 0 aliphatic carbocycles. The highest BCUT2D eigenvalue weighted by Crippen LogP contribution is 2.24. The SMILES string of the molecule is COc1ccc(OCCNCc2cn(C)nc2-c2ccc([N+](=O)[O-])cc2)cc1. The van der Waals surface area contributed by atoms with Crippen molar-refractivity contribution in [3.05, 3.63) is 70.4 Å². The molecule has 0 amide bonds. The Kier molecular flexibility index (Phi) is 6.23. The first kappa shape index (κ1) is 19.4. The van der Waals surface area contributed by atoms with Crippen molar-refractivity contribution in [2.75, 3.05) is 20.3 Å². The lowest BCUT2D eigenvalue weighted by atomic mass is 10.1. The summed E-state index contributed by atoms with van der Waals surface area (Å²) in [6.45, 7) is 1.81. The Balaban J connectivity index is 1.54. The molecule has 0 radical (unpaired) electrons. The van der Waals surface area contributed by atoms with Crippen LogP contribution in [0.1, 0.15) is 5.56 Å². The minimum absolute atomic E-state index is 0.0648. The van der Waals surface area contributed by atoms with Crippen LogP contribution in [0.25, 0.3) is 11.3 Å². The molecule has 0 atom stereocenters. The van der Waals surface area contributed by atoms with Crippen LogP contribution in [0.15, 0.2) is 54.7 Å². The van der Waals surface area contributed by atoms with Crippen molar-refractivity contribution in [3.63, 3.8) is 0 Å². The van der Waals surface area contributed by atoms with Gasteiger partial charge < -0.3 is 14.8 Å². The first-order chi connectivity index (χ1) is 13.6. The minimum atomic E-state index is -0.409. The van der Waals surface area contributed by atoms with Gasteiger partial charge in [0.15, 0.2) is 0 Å². The predicted octanol–water partition coefficient (Wildman–Crippen LogP) is 3.17. The molecule has 0 unspecified atom stereocenters. The molecule has 0 bridgehead atoms. The Bertz CT molecular complexity index is 920. The first-order valence-corrected chi connectivity index (χ1v) is 8.82. The molecule has 2 aromatic carbocycles. The van der Waals surface area contributed by atoms with Crippen LogP contribution in [0.2, 0.25) is 0 Å². The van der Waals surface area contributed by atoms with E-state index in [1.54, 1.807) is 23.9 Å². The van der Waals surface area contributed by atoms with Crippen LogP contribution in [-0.4, -0.2) is 35.0 Å². The monoisotopic (exact) mass is 382 g/mol. The molecule has 0 aliphatic heterocycles. The molecular formula is C20H22N4O4. The van der Waals surface area contributed by atoms with Gasteiger partial charge in [-0.15, -0.1) is 0 Å². The lowest BCUT2D eigenvalue weighted by molar-refractivity contribution is -0.384. The summed E-state index contributed by atoms with van der Waals surface area (Å²) in [6.07, 6.45) is 1.94. The maximum Gasteiger partial charge on any atom is 0.269 e. The summed E-state index contributed by atoms with van der Waals surface area (Å²) < 4.78 is 12.6. The van der Waals surface area contributed by atoms with E-state index in [-0.39, 0.29) is 5.69 Å². The van der Waals surface area contributed by atoms with E-state index in [1.807, 2.05) is 37.5 Å². The first-order valence-electron chi connectivity index (χ1n) is 8.82. The Morgan fingerprint density at radius 2 is 1.79 bits per heavy atom. The second-order valence-corrected chi connectivity index (χ2v) is 6.18. The van der Waals surface area contributed by atoms with Crippen molar-refractivity contribution < 1.29 is 14.4 Å². The zero-order valence-corrected chi connectivity index (χ0v) is 15.8. The number of hydrogen-bond donors (Lipinski definition) is 1. The van der Waals surface area contributed by atoms with E-state index >= 15 is 0 Å². The summed E-state index contributed by atoms with van der Waals surface area (Å²) in [5, 5.41) is 18.6. The summed E-state index contributed by atoms with van der Waals surface area (Å²) >= 11 is 0. The largest absolute Gasteiger partial charge is 0.497 e. The molecule has 28 heavy (non-hydrogen) atoms. The number of hydrogen-bond acceptors (Lipinski definition) is 6. The van der Waals surface area contributed by atoms with Crippen LogP contribution in [0, 0.1) is 10.1 Å². The number of ether oxygens (including phenoxy) is 2. The summed E-state index contributed by atoms with van der Waals surface area (Å²) in [4.78, 5) is 10.4. The van der Waals surface area contributed by atoms with Gasteiger partial charge in [-0.05, 0) is 36.4 Å². The van der Waals surface area contributed by atoms with Gasteiger partial charge in [0.1, 0.15) is 18.1 Å². The third-order valence-corrected chi connectivity index (χ3v) is 4.18. The third-order valence-electron chi connectivity index (χ3n) is 4.18. The fraction of sp³-hybridized carbons (Fsp3) is 0.250. The number of rotatable bonds is 9. The Labute approximate surface area is 162 Å². The number of nitro benzene ring substituents is 1. The summed E-state index contributed by atoms with van der Waals surface area (Å²) in [7, 11) is 3.48. The molecule has 8 nitrogen and oxygen atoms in total. The van der Waals surface area contributed by atoms with Crippen molar-refractivity contribution >= 4 is 5.69 Å². The van der Waals surface area contributed by atoms with E-state index in [9.17, 15) is 10.1 Å². The van der Waals surface area contributed by atoms with Gasteiger partial charge in [-0.1, -0.05) is 0 Å². The quantitative estimate of drug-likeness (QED) is 0.347. The van der Waals surface area contributed by atoms with E-state index in [4.69, 9.17) is 9.47 Å². The Hall–Kier alpha value is -3.39. The highest BCUT2D eigenvalue weighted by atomic mass is 16.6. The van der Waals surface area contributed by atoms with E-state index in [1.165, 1.54) is 12.1 Å². The zero-order valence-electron chi connectivity index (χ0n) is 15.8. The lowest BCUT2D eigenvalue weighted by Gasteiger charge is -2.08.